The lowest BCUT2D eigenvalue weighted by Gasteiger charge is -2.25. The van der Waals surface area contributed by atoms with Gasteiger partial charge in [0.2, 0.25) is 0 Å². The van der Waals surface area contributed by atoms with Gasteiger partial charge in [-0.3, -0.25) is 0 Å². The monoisotopic (exact) mass is 445 g/mol. The SMILES string of the molecule is O=C(O)c1cccc(N(c2ccc(Br)cc2)c2ccc(Br)cc2)c1. The average Bonchev–Trinajstić information content (AvgIpc) is 2.59. The molecule has 0 aliphatic carbocycles. The first-order chi connectivity index (χ1) is 11.5. The summed E-state index contributed by atoms with van der Waals surface area (Å²) in [7, 11) is 0. The number of benzene rings is 3. The lowest BCUT2D eigenvalue weighted by atomic mass is 10.1. The van der Waals surface area contributed by atoms with Gasteiger partial charge >= 0.3 is 5.97 Å². The lowest BCUT2D eigenvalue weighted by molar-refractivity contribution is 0.0697. The van der Waals surface area contributed by atoms with Crippen molar-refractivity contribution < 1.29 is 9.90 Å². The predicted octanol–water partition coefficient (Wildman–Crippen LogP) is 6.38. The van der Waals surface area contributed by atoms with Crippen molar-refractivity contribution >= 4 is 54.9 Å². The molecular formula is C19H13Br2NO2. The number of halogens is 2. The molecule has 0 spiro atoms. The number of nitrogens with zero attached hydrogens (tertiary/aromatic N) is 1. The first-order valence-electron chi connectivity index (χ1n) is 7.19. The highest BCUT2D eigenvalue weighted by molar-refractivity contribution is 9.10. The van der Waals surface area contributed by atoms with Gasteiger partial charge in [0, 0.05) is 26.0 Å². The Hall–Kier alpha value is -2.11. The molecule has 24 heavy (non-hydrogen) atoms. The molecule has 5 heteroatoms. The number of hydrogen-bond acceptors (Lipinski definition) is 2. The van der Waals surface area contributed by atoms with E-state index in [1.807, 2.05) is 59.5 Å². The van der Waals surface area contributed by atoms with Crippen molar-refractivity contribution in [2.24, 2.45) is 0 Å². The summed E-state index contributed by atoms with van der Waals surface area (Å²) >= 11 is 6.89. The molecule has 0 fully saturated rings. The van der Waals surface area contributed by atoms with E-state index in [9.17, 15) is 9.90 Å². The normalized spacial score (nSPS) is 10.4. The summed E-state index contributed by atoms with van der Waals surface area (Å²) in [5.41, 5.74) is 2.94. The number of carboxylic acid groups (broad SMARTS) is 1. The first kappa shape index (κ1) is 16.7. The molecule has 0 aliphatic heterocycles. The van der Waals surface area contributed by atoms with E-state index in [1.54, 1.807) is 18.2 Å². The second kappa shape index (κ2) is 7.20. The summed E-state index contributed by atoms with van der Waals surface area (Å²) in [5.74, 6) is -0.941. The van der Waals surface area contributed by atoms with Crippen LogP contribution in [-0.2, 0) is 0 Å². The zero-order valence-corrected chi connectivity index (χ0v) is 15.7. The molecule has 0 heterocycles. The highest BCUT2D eigenvalue weighted by atomic mass is 79.9. The highest BCUT2D eigenvalue weighted by Gasteiger charge is 2.14. The minimum absolute atomic E-state index is 0.256. The number of carboxylic acids is 1. The molecule has 0 saturated carbocycles. The lowest BCUT2D eigenvalue weighted by Crippen LogP contribution is -2.10. The van der Waals surface area contributed by atoms with Gasteiger partial charge in [0.1, 0.15) is 0 Å². The molecule has 3 rings (SSSR count). The van der Waals surface area contributed by atoms with Crippen LogP contribution in [0.2, 0.25) is 0 Å². The van der Waals surface area contributed by atoms with Gasteiger partial charge in [-0.1, -0.05) is 37.9 Å². The van der Waals surface area contributed by atoms with Gasteiger partial charge in [-0.25, -0.2) is 4.79 Å². The van der Waals surface area contributed by atoms with Gasteiger partial charge in [0.25, 0.3) is 0 Å². The second-order valence-electron chi connectivity index (χ2n) is 5.14. The molecular weight excluding hydrogens is 434 g/mol. The van der Waals surface area contributed by atoms with Gasteiger partial charge in [0.15, 0.2) is 0 Å². The molecule has 3 aromatic carbocycles. The molecule has 0 radical (unpaired) electrons. The van der Waals surface area contributed by atoms with Crippen LogP contribution in [0.3, 0.4) is 0 Å². The third kappa shape index (κ3) is 3.68. The number of hydrogen-bond donors (Lipinski definition) is 1. The molecule has 0 atom stereocenters. The zero-order valence-electron chi connectivity index (χ0n) is 12.5. The van der Waals surface area contributed by atoms with Gasteiger partial charge in [-0.2, -0.15) is 0 Å². The minimum atomic E-state index is -0.941. The molecule has 0 aliphatic rings. The van der Waals surface area contributed by atoms with Crippen molar-refractivity contribution in [3.63, 3.8) is 0 Å². The minimum Gasteiger partial charge on any atom is -0.478 e. The summed E-state index contributed by atoms with van der Waals surface area (Å²) in [6, 6.07) is 22.7. The summed E-state index contributed by atoms with van der Waals surface area (Å²) in [5, 5.41) is 9.27. The fraction of sp³-hybridized carbons (Fsp3) is 0. The third-order valence-corrected chi connectivity index (χ3v) is 4.58. The Bertz CT molecular complexity index is 816. The average molecular weight is 447 g/mol. The maximum atomic E-state index is 11.3. The van der Waals surface area contributed by atoms with Crippen LogP contribution in [0.1, 0.15) is 10.4 Å². The molecule has 0 aromatic heterocycles. The smallest absolute Gasteiger partial charge is 0.335 e. The Labute approximate surface area is 156 Å². The Kier molecular flexibility index (Phi) is 5.02. The molecule has 3 nitrogen and oxygen atoms in total. The van der Waals surface area contributed by atoms with Crippen molar-refractivity contribution in [3.8, 4) is 0 Å². The fourth-order valence-corrected chi connectivity index (χ4v) is 2.93. The van der Waals surface area contributed by atoms with Crippen LogP contribution < -0.4 is 4.90 Å². The maximum absolute atomic E-state index is 11.3. The van der Waals surface area contributed by atoms with Gasteiger partial charge in [0.05, 0.1) is 5.56 Å². The number of carbonyl (C=O) groups is 1. The van der Waals surface area contributed by atoms with Crippen LogP contribution in [0, 0.1) is 0 Å². The van der Waals surface area contributed by atoms with Gasteiger partial charge < -0.3 is 10.0 Å². The molecule has 0 saturated heterocycles. The van der Waals surface area contributed by atoms with E-state index in [1.165, 1.54) is 0 Å². The van der Waals surface area contributed by atoms with E-state index in [2.05, 4.69) is 31.9 Å². The van der Waals surface area contributed by atoms with Crippen molar-refractivity contribution in [1.82, 2.24) is 0 Å². The van der Waals surface area contributed by atoms with Crippen molar-refractivity contribution in [2.75, 3.05) is 4.90 Å². The number of rotatable bonds is 4. The van der Waals surface area contributed by atoms with E-state index in [0.717, 1.165) is 26.0 Å². The summed E-state index contributed by atoms with van der Waals surface area (Å²) in [4.78, 5) is 13.3. The predicted molar refractivity (Wildman–Crippen MR) is 103 cm³/mol. The van der Waals surface area contributed by atoms with E-state index in [4.69, 9.17) is 0 Å². The summed E-state index contributed by atoms with van der Waals surface area (Å²) in [6.45, 7) is 0. The van der Waals surface area contributed by atoms with E-state index in [0.29, 0.717) is 0 Å². The Morgan fingerprint density at radius 2 is 1.25 bits per heavy atom. The van der Waals surface area contributed by atoms with E-state index >= 15 is 0 Å². The van der Waals surface area contributed by atoms with Crippen LogP contribution in [0.5, 0.6) is 0 Å². The van der Waals surface area contributed by atoms with Gasteiger partial charge in [-0.05, 0) is 66.7 Å². The fourth-order valence-electron chi connectivity index (χ4n) is 2.41. The first-order valence-corrected chi connectivity index (χ1v) is 8.78. The topological polar surface area (TPSA) is 40.5 Å². The van der Waals surface area contributed by atoms with E-state index in [-0.39, 0.29) is 5.56 Å². The quantitative estimate of drug-likeness (QED) is 0.505. The second-order valence-corrected chi connectivity index (χ2v) is 6.98. The van der Waals surface area contributed by atoms with Crippen molar-refractivity contribution in [3.05, 3.63) is 87.3 Å². The summed E-state index contributed by atoms with van der Waals surface area (Å²) < 4.78 is 1.97. The molecule has 0 unspecified atom stereocenters. The van der Waals surface area contributed by atoms with Crippen LogP contribution >= 0.6 is 31.9 Å². The Morgan fingerprint density at radius 1 is 0.750 bits per heavy atom. The molecule has 1 N–H and O–H groups in total. The number of anilines is 3. The largest absolute Gasteiger partial charge is 0.478 e. The Morgan fingerprint density at radius 3 is 1.71 bits per heavy atom. The van der Waals surface area contributed by atoms with Gasteiger partial charge in [-0.15, -0.1) is 0 Å². The van der Waals surface area contributed by atoms with Crippen LogP contribution in [0.4, 0.5) is 17.1 Å². The van der Waals surface area contributed by atoms with E-state index < -0.39 is 5.97 Å². The van der Waals surface area contributed by atoms with Crippen LogP contribution in [-0.4, -0.2) is 11.1 Å². The zero-order chi connectivity index (χ0) is 17.1. The van der Waals surface area contributed by atoms with Crippen molar-refractivity contribution in [2.45, 2.75) is 0 Å². The van der Waals surface area contributed by atoms with Crippen molar-refractivity contribution in [1.29, 1.82) is 0 Å². The molecule has 0 amide bonds. The summed E-state index contributed by atoms with van der Waals surface area (Å²) in [6.07, 6.45) is 0. The third-order valence-electron chi connectivity index (χ3n) is 3.52. The molecule has 3 aromatic rings. The van der Waals surface area contributed by atoms with Crippen LogP contribution in [0.15, 0.2) is 81.7 Å². The maximum Gasteiger partial charge on any atom is 0.335 e. The van der Waals surface area contributed by atoms with Crippen LogP contribution in [0.25, 0.3) is 0 Å². The Balaban J connectivity index is 2.14. The molecule has 120 valence electrons. The molecule has 0 bridgehead atoms. The standard InChI is InChI=1S/C19H13Br2NO2/c20-14-4-8-16(9-5-14)22(17-10-6-15(21)7-11-17)18-3-1-2-13(12-18)19(23)24/h1-12H,(H,23,24). The highest BCUT2D eigenvalue weighted by Crippen LogP contribution is 2.35. The number of aromatic carboxylic acids is 1.